The Balaban J connectivity index is 1.88. The summed E-state index contributed by atoms with van der Waals surface area (Å²) in [5, 5.41) is 4.64. The molecule has 0 unspecified atom stereocenters. The van der Waals surface area contributed by atoms with Crippen LogP contribution in [0.1, 0.15) is 12.0 Å². The summed E-state index contributed by atoms with van der Waals surface area (Å²) in [6.45, 7) is 2.73. The molecule has 3 nitrogen and oxygen atoms in total. The summed E-state index contributed by atoms with van der Waals surface area (Å²) in [5.41, 5.74) is 2.47. The van der Waals surface area contributed by atoms with Gasteiger partial charge in [0.15, 0.2) is 0 Å². The normalized spacial score (nSPS) is 10.9. The number of hydrogen-bond acceptors (Lipinski definition) is 3. The van der Waals surface area contributed by atoms with Gasteiger partial charge in [-0.05, 0) is 37.1 Å². The summed E-state index contributed by atoms with van der Waals surface area (Å²) < 4.78 is 4.99. The van der Waals surface area contributed by atoms with Crippen molar-refractivity contribution in [1.82, 2.24) is 10.3 Å². The molecule has 0 atom stereocenters. The smallest absolute Gasteiger partial charge is 0.0704 e. The van der Waals surface area contributed by atoms with Crippen LogP contribution in [-0.4, -0.2) is 31.8 Å². The van der Waals surface area contributed by atoms with Crippen LogP contribution in [0.4, 0.5) is 0 Å². The van der Waals surface area contributed by atoms with E-state index in [0.717, 1.165) is 38.1 Å². The highest BCUT2D eigenvalue weighted by molar-refractivity contribution is 5.81. The highest BCUT2D eigenvalue weighted by Crippen LogP contribution is 2.17. The molecule has 1 aromatic heterocycles. The quantitative estimate of drug-likeness (QED) is 0.759. The van der Waals surface area contributed by atoms with E-state index in [9.17, 15) is 0 Å². The number of pyridine rings is 1. The summed E-state index contributed by atoms with van der Waals surface area (Å²) in [7, 11) is 1.73. The van der Waals surface area contributed by atoms with Gasteiger partial charge in [-0.3, -0.25) is 4.98 Å². The zero-order chi connectivity index (χ0) is 12.6. The van der Waals surface area contributed by atoms with Gasteiger partial charge in [-0.15, -0.1) is 0 Å². The summed E-state index contributed by atoms with van der Waals surface area (Å²) in [6.07, 6.45) is 4.07. The molecule has 2 aromatic rings. The third-order valence-corrected chi connectivity index (χ3v) is 3.02. The molecule has 0 saturated carbocycles. The Morgan fingerprint density at radius 2 is 2.11 bits per heavy atom. The van der Waals surface area contributed by atoms with E-state index < -0.39 is 0 Å². The molecule has 0 saturated heterocycles. The van der Waals surface area contributed by atoms with Gasteiger partial charge in [-0.1, -0.05) is 18.2 Å². The van der Waals surface area contributed by atoms with Crippen molar-refractivity contribution in [2.75, 3.05) is 26.8 Å². The van der Waals surface area contributed by atoms with Gasteiger partial charge in [0.25, 0.3) is 0 Å². The van der Waals surface area contributed by atoms with Gasteiger partial charge in [0.05, 0.1) is 12.1 Å². The van der Waals surface area contributed by atoms with E-state index in [1.165, 1.54) is 10.9 Å². The highest BCUT2D eigenvalue weighted by Gasteiger charge is 2.00. The lowest BCUT2D eigenvalue weighted by molar-refractivity contribution is 0.199. The number of benzene rings is 1. The lowest BCUT2D eigenvalue weighted by atomic mass is 10.0. The summed E-state index contributed by atoms with van der Waals surface area (Å²) in [5.74, 6) is 0. The maximum absolute atomic E-state index is 4.99. The molecule has 0 amide bonds. The van der Waals surface area contributed by atoms with Crippen LogP contribution in [0, 0.1) is 0 Å². The number of rotatable bonds is 7. The van der Waals surface area contributed by atoms with Gasteiger partial charge in [-0.2, -0.15) is 0 Å². The molecule has 0 radical (unpaired) electrons. The maximum atomic E-state index is 4.99. The fourth-order valence-corrected chi connectivity index (χ4v) is 2.09. The predicted molar refractivity (Wildman–Crippen MR) is 74.8 cm³/mol. The summed E-state index contributed by atoms with van der Waals surface area (Å²) >= 11 is 0. The van der Waals surface area contributed by atoms with E-state index >= 15 is 0 Å². The van der Waals surface area contributed by atoms with Crippen molar-refractivity contribution in [2.45, 2.75) is 12.8 Å². The van der Waals surface area contributed by atoms with Crippen LogP contribution < -0.4 is 5.32 Å². The van der Waals surface area contributed by atoms with Crippen LogP contribution in [0.3, 0.4) is 0 Å². The molecule has 0 aliphatic heterocycles. The fourth-order valence-electron chi connectivity index (χ4n) is 2.09. The largest absolute Gasteiger partial charge is 0.383 e. The van der Waals surface area contributed by atoms with Crippen molar-refractivity contribution in [3.8, 4) is 0 Å². The van der Waals surface area contributed by atoms with Gasteiger partial charge < -0.3 is 10.1 Å². The molecule has 18 heavy (non-hydrogen) atoms. The van der Waals surface area contributed by atoms with Crippen molar-refractivity contribution in [2.24, 2.45) is 0 Å². The number of aryl methyl sites for hydroxylation is 1. The van der Waals surface area contributed by atoms with E-state index in [0.29, 0.717) is 0 Å². The number of nitrogens with one attached hydrogen (secondary N) is 1. The molecular weight excluding hydrogens is 224 g/mol. The van der Waals surface area contributed by atoms with Crippen molar-refractivity contribution >= 4 is 10.9 Å². The van der Waals surface area contributed by atoms with Gasteiger partial charge >= 0.3 is 0 Å². The Morgan fingerprint density at radius 3 is 3.00 bits per heavy atom. The monoisotopic (exact) mass is 244 g/mol. The Bertz CT molecular complexity index is 479. The second-order valence-corrected chi connectivity index (χ2v) is 4.33. The van der Waals surface area contributed by atoms with Crippen molar-refractivity contribution < 1.29 is 4.74 Å². The first-order valence-corrected chi connectivity index (χ1v) is 6.44. The van der Waals surface area contributed by atoms with E-state index in [1.807, 2.05) is 12.3 Å². The van der Waals surface area contributed by atoms with Crippen LogP contribution in [0.2, 0.25) is 0 Å². The zero-order valence-electron chi connectivity index (χ0n) is 10.9. The van der Waals surface area contributed by atoms with Gasteiger partial charge in [-0.25, -0.2) is 0 Å². The molecule has 1 aromatic carbocycles. The molecule has 0 fully saturated rings. The molecule has 3 heteroatoms. The van der Waals surface area contributed by atoms with Crippen molar-refractivity contribution in [3.05, 3.63) is 42.1 Å². The minimum Gasteiger partial charge on any atom is -0.383 e. The molecule has 0 aliphatic carbocycles. The first-order valence-electron chi connectivity index (χ1n) is 6.44. The number of fused-ring (bicyclic) bond motifs is 1. The Morgan fingerprint density at radius 1 is 1.17 bits per heavy atom. The number of aromatic nitrogens is 1. The molecule has 2 rings (SSSR count). The molecule has 0 bridgehead atoms. The van der Waals surface area contributed by atoms with Crippen LogP contribution in [0.25, 0.3) is 10.9 Å². The van der Waals surface area contributed by atoms with Crippen molar-refractivity contribution in [3.63, 3.8) is 0 Å². The van der Waals surface area contributed by atoms with Crippen LogP contribution in [0.5, 0.6) is 0 Å². The molecule has 0 aliphatic rings. The van der Waals surface area contributed by atoms with Crippen molar-refractivity contribution in [1.29, 1.82) is 0 Å². The second-order valence-electron chi connectivity index (χ2n) is 4.33. The molecule has 1 N–H and O–H groups in total. The van der Waals surface area contributed by atoms with E-state index in [4.69, 9.17) is 4.74 Å². The first-order chi connectivity index (χ1) is 8.92. The lowest BCUT2D eigenvalue weighted by Crippen LogP contribution is -2.20. The van der Waals surface area contributed by atoms with Gasteiger partial charge in [0.1, 0.15) is 0 Å². The van der Waals surface area contributed by atoms with Crippen LogP contribution >= 0.6 is 0 Å². The maximum Gasteiger partial charge on any atom is 0.0704 e. The Hall–Kier alpha value is -1.45. The third kappa shape index (κ3) is 3.52. The number of nitrogens with zero attached hydrogens (tertiary/aromatic N) is 1. The fraction of sp³-hybridized carbons (Fsp3) is 0.400. The van der Waals surface area contributed by atoms with Crippen LogP contribution in [0.15, 0.2) is 36.5 Å². The van der Waals surface area contributed by atoms with E-state index in [2.05, 4.69) is 34.6 Å². The SMILES string of the molecule is COCCNCCCc1cccc2ncccc12. The van der Waals surface area contributed by atoms with Gasteiger partial charge in [0, 0.05) is 25.2 Å². The minimum atomic E-state index is 0.776. The Kier molecular flexibility index (Phi) is 5.12. The molecule has 1 heterocycles. The summed E-state index contributed by atoms with van der Waals surface area (Å²) in [4.78, 5) is 4.38. The minimum absolute atomic E-state index is 0.776. The van der Waals surface area contributed by atoms with Gasteiger partial charge in [0.2, 0.25) is 0 Å². The Labute approximate surface area is 108 Å². The lowest BCUT2D eigenvalue weighted by Gasteiger charge is -2.07. The number of methoxy groups -OCH3 is 1. The topological polar surface area (TPSA) is 34.1 Å². The molecule has 96 valence electrons. The van der Waals surface area contributed by atoms with Crippen LogP contribution in [-0.2, 0) is 11.2 Å². The summed E-state index contributed by atoms with van der Waals surface area (Å²) in [6, 6.07) is 10.5. The second kappa shape index (κ2) is 7.09. The standard InChI is InChI=1S/C15H20N2O/c1-18-12-11-16-9-3-6-13-5-2-8-15-14(13)7-4-10-17-15/h2,4-5,7-8,10,16H,3,6,9,11-12H2,1H3. The highest BCUT2D eigenvalue weighted by atomic mass is 16.5. The third-order valence-electron chi connectivity index (χ3n) is 3.02. The zero-order valence-corrected chi connectivity index (χ0v) is 10.9. The molecule has 0 spiro atoms. The average Bonchev–Trinajstić information content (AvgIpc) is 2.43. The van der Waals surface area contributed by atoms with E-state index in [1.54, 1.807) is 7.11 Å². The predicted octanol–water partition coefficient (Wildman–Crippen LogP) is 2.40. The number of ether oxygens (including phenoxy) is 1. The number of hydrogen-bond donors (Lipinski definition) is 1. The van der Waals surface area contributed by atoms with E-state index in [-0.39, 0.29) is 0 Å². The first kappa shape index (κ1) is 13.0. The average molecular weight is 244 g/mol. The molecular formula is C15H20N2O.